The van der Waals surface area contributed by atoms with Crippen molar-refractivity contribution >= 4 is 10.8 Å². The molecule has 13 rings (SSSR count). The molecular formula is C59H37N. The molecule has 9 aromatic carbocycles. The zero-order valence-corrected chi connectivity index (χ0v) is 32.8. The van der Waals surface area contributed by atoms with Crippen LogP contribution in [0.15, 0.2) is 218 Å². The minimum atomic E-state index is -0.545. The lowest BCUT2D eigenvalue weighted by Gasteiger charge is -2.31. The van der Waals surface area contributed by atoms with E-state index in [0.717, 1.165) is 22.5 Å². The number of hydrogen-bond donors (Lipinski definition) is 0. The number of aromatic nitrogens is 1. The highest BCUT2D eigenvalue weighted by molar-refractivity contribution is 6.05. The van der Waals surface area contributed by atoms with Gasteiger partial charge in [0.15, 0.2) is 0 Å². The van der Waals surface area contributed by atoms with Crippen LogP contribution in [-0.4, -0.2) is 4.98 Å². The topological polar surface area (TPSA) is 12.9 Å². The Bertz CT molecular complexity index is 3320. The van der Waals surface area contributed by atoms with Gasteiger partial charge in [0.2, 0.25) is 0 Å². The Morgan fingerprint density at radius 1 is 0.350 bits per heavy atom. The fraction of sp³-hybridized carbons (Fsp3) is 0.0339. The second kappa shape index (κ2) is 12.7. The lowest BCUT2D eigenvalue weighted by Crippen LogP contribution is -2.26. The van der Waals surface area contributed by atoms with Gasteiger partial charge in [-0.1, -0.05) is 206 Å². The van der Waals surface area contributed by atoms with Crippen LogP contribution < -0.4 is 0 Å². The second-order valence-electron chi connectivity index (χ2n) is 16.5. The molecule has 1 atom stereocenters. The third-order valence-corrected chi connectivity index (χ3v) is 13.6. The average Bonchev–Trinajstić information content (AvgIpc) is 3.93. The lowest BCUT2D eigenvalue weighted by atomic mass is 9.70. The van der Waals surface area contributed by atoms with E-state index in [-0.39, 0.29) is 5.92 Å². The molecule has 1 spiro atoms. The fourth-order valence-corrected chi connectivity index (χ4v) is 11.1. The van der Waals surface area contributed by atoms with Gasteiger partial charge in [0.25, 0.3) is 0 Å². The van der Waals surface area contributed by atoms with E-state index in [2.05, 4.69) is 218 Å². The van der Waals surface area contributed by atoms with Crippen molar-refractivity contribution in [1.82, 2.24) is 4.98 Å². The van der Waals surface area contributed by atoms with E-state index in [1.165, 1.54) is 94.2 Å². The number of pyridine rings is 1. The van der Waals surface area contributed by atoms with Crippen LogP contribution in [0.1, 0.15) is 44.9 Å². The maximum atomic E-state index is 5.63. The highest BCUT2D eigenvalue weighted by Crippen LogP contribution is 2.64. The van der Waals surface area contributed by atoms with Crippen LogP contribution in [0.5, 0.6) is 0 Å². The highest BCUT2D eigenvalue weighted by atomic mass is 14.7. The van der Waals surface area contributed by atoms with Crippen molar-refractivity contribution in [1.29, 1.82) is 0 Å². The van der Waals surface area contributed by atoms with Gasteiger partial charge in [-0.2, -0.15) is 0 Å². The van der Waals surface area contributed by atoms with E-state index in [1.54, 1.807) is 0 Å². The molecule has 0 bridgehead atoms. The van der Waals surface area contributed by atoms with Gasteiger partial charge in [-0.05, 0) is 101 Å². The molecule has 60 heavy (non-hydrogen) atoms. The van der Waals surface area contributed by atoms with Crippen molar-refractivity contribution in [3.8, 4) is 67.0 Å². The van der Waals surface area contributed by atoms with Gasteiger partial charge in [0.05, 0.1) is 16.8 Å². The highest BCUT2D eigenvalue weighted by Gasteiger charge is 2.53. The second-order valence-corrected chi connectivity index (χ2v) is 16.5. The smallest absolute Gasteiger partial charge is 0.0797 e. The molecule has 3 aliphatic carbocycles. The third-order valence-electron chi connectivity index (χ3n) is 13.6. The normalized spacial score (nSPS) is 15.3. The van der Waals surface area contributed by atoms with Gasteiger partial charge in [-0.3, -0.25) is 0 Å². The summed E-state index contributed by atoms with van der Waals surface area (Å²) in [6.45, 7) is 0. The Labute approximate surface area is 350 Å². The summed E-state index contributed by atoms with van der Waals surface area (Å²) in [6.07, 6.45) is 0. The molecule has 0 aliphatic heterocycles. The van der Waals surface area contributed by atoms with Crippen LogP contribution in [0.4, 0.5) is 0 Å². The van der Waals surface area contributed by atoms with Crippen LogP contribution in [0.25, 0.3) is 77.8 Å². The molecule has 3 aliphatic rings. The van der Waals surface area contributed by atoms with Crippen LogP contribution >= 0.6 is 0 Å². The standard InChI is InChI=1S/C59H37N/c1-2-16-39(17-3-1)55-36-54-57(58(60-55)49-26-14-18-38-15-4-5-19-42(38)49)50-25-11-13-28-52(50)59(54)51-27-12-10-22-45(51)46-34-33-41(35-53(46)59)37-29-31-40(32-30-37)56-47-23-8-6-20-43(47)44-21-7-9-24-48(44)56/h1-36,56H. The maximum absolute atomic E-state index is 5.63. The molecule has 1 aromatic heterocycles. The summed E-state index contributed by atoms with van der Waals surface area (Å²) in [7, 11) is 0. The summed E-state index contributed by atoms with van der Waals surface area (Å²) in [4.78, 5) is 5.63. The molecule has 1 heteroatoms. The molecule has 1 nitrogen and oxygen atoms in total. The first-order valence-corrected chi connectivity index (χ1v) is 21.0. The first-order valence-electron chi connectivity index (χ1n) is 21.0. The van der Waals surface area contributed by atoms with Crippen LogP contribution in [0.3, 0.4) is 0 Å². The quantitative estimate of drug-likeness (QED) is 0.174. The Morgan fingerprint density at radius 3 is 1.68 bits per heavy atom. The molecule has 0 saturated carbocycles. The Hall–Kier alpha value is -7.61. The molecule has 0 N–H and O–H groups in total. The lowest BCUT2D eigenvalue weighted by molar-refractivity contribution is 0.793. The number of nitrogens with zero attached hydrogens (tertiary/aromatic N) is 1. The number of benzene rings is 9. The summed E-state index contributed by atoms with van der Waals surface area (Å²) in [5.41, 5.74) is 23.2. The minimum absolute atomic E-state index is 0.221. The molecule has 1 unspecified atom stereocenters. The van der Waals surface area contributed by atoms with Gasteiger partial charge < -0.3 is 0 Å². The summed E-state index contributed by atoms with van der Waals surface area (Å²) in [6, 6.07) is 81.1. The Kier molecular flexibility index (Phi) is 7.06. The zero-order valence-electron chi connectivity index (χ0n) is 32.8. The van der Waals surface area contributed by atoms with Crippen molar-refractivity contribution in [2.24, 2.45) is 0 Å². The molecule has 0 saturated heterocycles. The summed E-state index contributed by atoms with van der Waals surface area (Å²) in [5, 5.41) is 2.42. The molecule has 1 heterocycles. The summed E-state index contributed by atoms with van der Waals surface area (Å²) in [5.74, 6) is 0.221. The average molecular weight is 760 g/mol. The van der Waals surface area contributed by atoms with Gasteiger partial charge in [-0.15, -0.1) is 0 Å². The Morgan fingerprint density at radius 2 is 0.917 bits per heavy atom. The molecule has 10 aromatic rings. The van der Waals surface area contributed by atoms with Crippen molar-refractivity contribution in [2.75, 3.05) is 0 Å². The molecule has 0 amide bonds. The maximum Gasteiger partial charge on any atom is 0.0797 e. The largest absolute Gasteiger partial charge is 0.247 e. The summed E-state index contributed by atoms with van der Waals surface area (Å²) < 4.78 is 0. The van der Waals surface area contributed by atoms with E-state index < -0.39 is 5.41 Å². The van der Waals surface area contributed by atoms with Gasteiger partial charge in [-0.25, -0.2) is 4.98 Å². The molecule has 278 valence electrons. The fourth-order valence-electron chi connectivity index (χ4n) is 11.1. The SMILES string of the molecule is c1ccc(-c2cc3c(c(-c4cccc5ccccc45)n2)-c2ccccc2C32c3ccccc3-c3ccc(-c4ccc(C5c6ccccc6-c6ccccc65)cc4)cc32)cc1. The predicted octanol–water partition coefficient (Wildman–Crippen LogP) is 14.7. The first-order chi connectivity index (χ1) is 29.8. The first kappa shape index (κ1) is 33.4. The van der Waals surface area contributed by atoms with Crippen LogP contribution in [0.2, 0.25) is 0 Å². The van der Waals surface area contributed by atoms with Crippen molar-refractivity contribution in [3.05, 3.63) is 257 Å². The Balaban J connectivity index is 1.05. The van der Waals surface area contributed by atoms with Crippen molar-refractivity contribution in [2.45, 2.75) is 11.3 Å². The van der Waals surface area contributed by atoms with Crippen molar-refractivity contribution < 1.29 is 0 Å². The molecule has 0 fully saturated rings. The van der Waals surface area contributed by atoms with E-state index >= 15 is 0 Å². The zero-order chi connectivity index (χ0) is 39.4. The van der Waals surface area contributed by atoms with Gasteiger partial charge >= 0.3 is 0 Å². The van der Waals surface area contributed by atoms with Gasteiger partial charge in [0, 0.05) is 22.6 Å². The van der Waals surface area contributed by atoms with E-state index in [1.807, 2.05) is 0 Å². The third kappa shape index (κ3) is 4.55. The van der Waals surface area contributed by atoms with E-state index in [4.69, 9.17) is 4.98 Å². The van der Waals surface area contributed by atoms with E-state index in [9.17, 15) is 0 Å². The monoisotopic (exact) mass is 759 g/mol. The van der Waals surface area contributed by atoms with Crippen LogP contribution in [0, 0.1) is 0 Å². The minimum Gasteiger partial charge on any atom is -0.247 e. The molecule has 0 radical (unpaired) electrons. The number of rotatable bonds is 4. The van der Waals surface area contributed by atoms with Crippen molar-refractivity contribution in [3.63, 3.8) is 0 Å². The van der Waals surface area contributed by atoms with Crippen LogP contribution in [-0.2, 0) is 5.41 Å². The summed E-state index contributed by atoms with van der Waals surface area (Å²) >= 11 is 0. The van der Waals surface area contributed by atoms with E-state index in [0.29, 0.717) is 0 Å². The number of fused-ring (bicyclic) bond motifs is 14. The molecular weight excluding hydrogens is 723 g/mol. The van der Waals surface area contributed by atoms with Gasteiger partial charge in [0.1, 0.15) is 0 Å². The predicted molar refractivity (Wildman–Crippen MR) is 247 cm³/mol. The number of hydrogen-bond acceptors (Lipinski definition) is 1.